The molecule has 0 radical (unpaired) electrons. The molecule has 4 heteroatoms. The smallest absolute Gasteiger partial charge is 0.164 e. The van der Waals surface area contributed by atoms with Crippen LogP contribution in [0.2, 0.25) is 0 Å². The zero-order chi connectivity index (χ0) is 47.6. The van der Waals surface area contributed by atoms with Crippen molar-refractivity contribution in [1.82, 2.24) is 15.0 Å². The Kier molecular flexibility index (Phi) is 9.85. The van der Waals surface area contributed by atoms with Crippen molar-refractivity contribution in [2.45, 2.75) is 18.3 Å². The maximum atomic E-state index is 5.22. The summed E-state index contributed by atoms with van der Waals surface area (Å²) in [6, 6.07) is 86.2. The summed E-state index contributed by atoms with van der Waals surface area (Å²) in [4.78, 5) is 17.9. The third-order valence-corrected chi connectivity index (χ3v) is 15.0. The van der Waals surface area contributed by atoms with E-state index in [9.17, 15) is 0 Å². The Morgan fingerprint density at radius 2 is 0.875 bits per heavy atom. The molecular weight excluding hydrogens is 873 g/mol. The molecule has 14 rings (SSSR count). The molecule has 0 amide bonds. The first-order valence-corrected chi connectivity index (χ1v) is 24.9. The first-order chi connectivity index (χ1) is 35.7. The molecule has 0 bridgehead atoms. The monoisotopic (exact) mass is 918 g/mol. The van der Waals surface area contributed by atoms with Crippen LogP contribution in [0.3, 0.4) is 0 Å². The Hall–Kier alpha value is -9.25. The van der Waals surface area contributed by atoms with Gasteiger partial charge >= 0.3 is 0 Å². The normalized spacial score (nSPS) is 13.6. The Morgan fingerprint density at radius 1 is 0.347 bits per heavy atom. The summed E-state index contributed by atoms with van der Waals surface area (Å²) in [6.45, 7) is 0. The second-order valence-electron chi connectivity index (χ2n) is 19.0. The van der Waals surface area contributed by atoms with E-state index in [0.717, 1.165) is 79.9 Å². The highest BCUT2D eigenvalue weighted by atomic mass is 15.1. The van der Waals surface area contributed by atoms with Crippen LogP contribution >= 0.6 is 0 Å². The molecule has 338 valence electrons. The largest absolute Gasteiger partial charge is 0.310 e. The van der Waals surface area contributed by atoms with Crippen molar-refractivity contribution >= 4 is 33.4 Å². The van der Waals surface area contributed by atoms with Gasteiger partial charge < -0.3 is 4.90 Å². The maximum absolute atomic E-state index is 5.22. The van der Waals surface area contributed by atoms with Gasteiger partial charge in [-0.3, -0.25) is 0 Å². The van der Waals surface area contributed by atoms with Gasteiger partial charge in [-0.15, -0.1) is 0 Å². The van der Waals surface area contributed by atoms with E-state index in [2.05, 4.69) is 242 Å². The predicted octanol–water partition coefficient (Wildman–Crippen LogP) is 17.2. The molecule has 72 heavy (non-hydrogen) atoms. The summed E-state index contributed by atoms with van der Waals surface area (Å²) in [5.74, 6) is 2.06. The van der Waals surface area contributed by atoms with E-state index >= 15 is 0 Å². The number of hydrogen-bond acceptors (Lipinski definition) is 4. The van der Waals surface area contributed by atoms with Crippen LogP contribution in [0, 0.1) is 0 Å². The van der Waals surface area contributed by atoms with Crippen LogP contribution in [0.5, 0.6) is 0 Å². The van der Waals surface area contributed by atoms with Gasteiger partial charge in [0, 0.05) is 33.6 Å². The number of nitrogens with zero attached hydrogens (tertiary/aromatic N) is 4. The highest BCUT2D eigenvalue weighted by Gasteiger charge is 2.51. The van der Waals surface area contributed by atoms with Crippen molar-refractivity contribution in [3.05, 3.63) is 283 Å². The molecule has 1 spiro atoms. The average Bonchev–Trinajstić information content (AvgIpc) is 3.93. The van der Waals surface area contributed by atoms with E-state index in [-0.39, 0.29) is 0 Å². The molecule has 0 aliphatic heterocycles. The second-order valence-corrected chi connectivity index (χ2v) is 19.0. The molecule has 0 N–H and O–H groups in total. The number of aromatic nitrogens is 3. The molecule has 1 aromatic heterocycles. The predicted molar refractivity (Wildman–Crippen MR) is 296 cm³/mol. The van der Waals surface area contributed by atoms with Gasteiger partial charge in [0.25, 0.3) is 0 Å². The maximum Gasteiger partial charge on any atom is 0.164 e. The van der Waals surface area contributed by atoms with Crippen LogP contribution in [-0.4, -0.2) is 15.0 Å². The van der Waals surface area contributed by atoms with Gasteiger partial charge in [0.15, 0.2) is 17.5 Å². The summed E-state index contributed by atoms with van der Waals surface area (Å²) in [5.41, 5.74) is 20.9. The molecule has 0 fully saturated rings. The van der Waals surface area contributed by atoms with Crippen molar-refractivity contribution in [2.75, 3.05) is 4.90 Å². The lowest BCUT2D eigenvalue weighted by Crippen LogP contribution is -2.25. The van der Waals surface area contributed by atoms with E-state index in [1.807, 2.05) is 18.2 Å². The lowest BCUT2D eigenvalue weighted by atomic mass is 9.70. The van der Waals surface area contributed by atoms with Gasteiger partial charge in [-0.2, -0.15) is 0 Å². The van der Waals surface area contributed by atoms with Crippen LogP contribution in [0.15, 0.2) is 255 Å². The zero-order valence-corrected chi connectivity index (χ0v) is 39.5. The molecule has 10 aromatic carbocycles. The number of fused-ring (bicyclic) bond motifs is 11. The quantitative estimate of drug-likeness (QED) is 0.152. The highest BCUT2D eigenvalue weighted by molar-refractivity contribution is 6.06. The summed E-state index contributed by atoms with van der Waals surface area (Å²) < 4.78 is 0. The zero-order valence-electron chi connectivity index (χ0n) is 39.5. The van der Waals surface area contributed by atoms with E-state index in [4.69, 9.17) is 15.0 Å². The van der Waals surface area contributed by atoms with Crippen molar-refractivity contribution in [3.8, 4) is 67.3 Å². The van der Waals surface area contributed by atoms with Crippen LogP contribution in [0.25, 0.3) is 83.6 Å². The minimum atomic E-state index is -0.412. The van der Waals surface area contributed by atoms with E-state index in [1.54, 1.807) is 0 Å². The molecule has 0 atom stereocenters. The summed E-state index contributed by atoms with van der Waals surface area (Å²) in [7, 11) is 0. The lowest BCUT2D eigenvalue weighted by Gasteiger charge is -2.31. The molecular formula is C68H46N4. The lowest BCUT2D eigenvalue weighted by molar-refractivity contribution is 0.794. The van der Waals surface area contributed by atoms with Crippen LogP contribution < -0.4 is 4.90 Å². The minimum Gasteiger partial charge on any atom is -0.310 e. The topological polar surface area (TPSA) is 41.9 Å². The van der Waals surface area contributed by atoms with Crippen molar-refractivity contribution in [3.63, 3.8) is 0 Å². The van der Waals surface area contributed by atoms with E-state index in [1.165, 1.54) is 50.1 Å². The second kappa shape index (κ2) is 17.0. The number of benzene rings is 10. The highest BCUT2D eigenvalue weighted by Crippen LogP contribution is 2.63. The number of allylic oxidation sites excluding steroid dienone is 4. The molecule has 3 aliphatic rings. The van der Waals surface area contributed by atoms with E-state index < -0.39 is 5.41 Å². The fraction of sp³-hybridized carbons (Fsp3) is 0.0441. The van der Waals surface area contributed by atoms with Gasteiger partial charge in [0.1, 0.15) is 0 Å². The summed E-state index contributed by atoms with van der Waals surface area (Å²) in [6.07, 6.45) is 8.29. The first kappa shape index (κ1) is 41.7. The van der Waals surface area contributed by atoms with Gasteiger partial charge in [-0.1, -0.05) is 218 Å². The van der Waals surface area contributed by atoms with Crippen LogP contribution in [0.1, 0.15) is 40.9 Å². The first-order valence-electron chi connectivity index (χ1n) is 24.9. The van der Waals surface area contributed by atoms with E-state index in [0.29, 0.717) is 11.6 Å². The standard InChI is InChI=1S/C68H46N4/c1-4-19-45(20-5-1)50-27-16-28-52(43-50)72(53-41-42-63-59(44-53)57-31-12-15-36-62(57)68(63)60-34-13-10-29-55(60)56-30-11-14-35-61(56)68)51-39-37-46(38-40-51)54-32-17-25-47-26-18-33-58(64(47)54)67-70-65(48-21-6-2-7-22-48)69-66(71-67)49-23-8-3-9-24-49/h1-8,10-23,25-44H,9,24H2. The summed E-state index contributed by atoms with van der Waals surface area (Å²) >= 11 is 0. The molecule has 0 saturated carbocycles. The minimum absolute atomic E-state index is 0.412. The number of anilines is 3. The number of hydrogen-bond donors (Lipinski definition) is 0. The Labute approximate surface area is 419 Å². The Bertz CT molecular complexity index is 3930. The average molecular weight is 919 g/mol. The van der Waals surface area contributed by atoms with Gasteiger partial charge in [0.05, 0.1) is 5.41 Å². The van der Waals surface area contributed by atoms with Crippen molar-refractivity contribution in [2.24, 2.45) is 0 Å². The number of rotatable bonds is 8. The molecule has 0 saturated heterocycles. The molecule has 1 heterocycles. The fourth-order valence-corrected chi connectivity index (χ4v) is 11.8. The SMILES string of the molecule is C1=CCCC(c2nc(-c3ccccc3)nc(-c3cccc4cccc(-c5ccc(N(c6cccc(-c7ccccc7)c6)c6ccc7c(c6)-c6ccccc6C76c7ccccc7-c7ccccc76)cc5)c34)n2)=C1. The molecule has 11 aromatic rings. The van der Waals surface area contributed by atoms with Crippen LogP contribution in [0.4, 0.5) is 17.1 Å². The van der Waals surface area contributed by atoms with Gasteiger partial charge in [-0.05, 0) is 127 Å². The Morgan fingerprint density at radius 3 is 1.56 bits per heavy atom. The molecule has 4 nitrogen and oxygen atoms in total. The van der Waals surface area contributed by atoms with Crippen molar-refractivity contribution in [1.29, 1.82) is 0 Å². The molecule has 0 unspecified atom stereocenters. The van der Waals surface area contributed by atoms with Crippen molar-refractivity contribution < 1.29 is 0 Å². The fourth-order valence-electron chi connectivity index (χ4n) is 11.8. The van der Waals surface area contributed by atoms with Gasteiger partial charge in [0.2, 0.25) is 0 Å². The third kappa shape index (κ3) is 6.64. The molecule has 3 aliphatic carbocycles. The Balaban J connectivity index is 0.922. The third-order valence-electron chi connectivity index (χ3n) is 15.0. The van der Waals surface area contributed by atoms with Gasteiger partial charge in [-0.25, -0.2) is 15.0 Å². The summed E-state index contributed by atoms with van der Waals surface area (Å²) in [5, 5.41) is 2.23. The van der Waals surface area contributed by atoms with Crippen LogP contribution in [-0.2, 0) is 5.41 Å².